The molecule has 3 N–H and O–H groups in total. The molecular formula is C15H23N3O. The van der Waals surface area contributed by atoms with Gasteiger partial charge in [0.25, 0.3) is 0 Å². The van der Waals surface area contributed by atoms with Crippen LogP contribution in [0.3, 0.4) is 0 Å². The lowest BCUT2D eigenvalue weighted by molar-refractivity contribution is -0.118. The van der Waals surface area contributed by atoms with Gasteiger partial charge in [-0.15, -0.1) is 0 Å². The first-order valence-corrected chi connectivity index (χ1v) is 6.98. The normalized spacial score (nSPS) is 16.2. The van der Waals surface area contributed by atoms with Crippen LogP contribution in [0.15, 0.2) is 18.2 Å². The van der Waals surface area contributed by atoms with Gasteiger partial charge in [0.15, 0.2) is 0 Å². The standard InChI is InChI=1S/C15H23N3O/c1-11(16)4-3-9-18-14-7-6-13(17-2)10-12(14)5-8-15(18)19/h6-7,10-11,17H,3-5,8-9,16H2,1-2H3. The van der Waals surface area contributed by atoms with E-state index in [0.29, 0.717) is 6.42 Å². The zero-order valence-electron chi connectivity index (χ0n) is 11.8. The van der Waals surface area contributed by atoms with E-state index in [2.05, 4.69) is 11.4 Å². The van der Waals surface area contributed by atoms with Crippen molar-refractivity contribution in [2.75, 3.05) is 23.8 Å². The molecule has 2 rings (SSSR count). The minimum absolute atomic E-state index is 0.200. The molecule has 1 aliphatic heterocycles. The van der Waals surface area contributed by atoms with Gasteiger partial charge < -0.3 is 16.0 Å². The third kappa shape index (κ3) is 3.26. The number of hydrogen-bond donors (Lipinski definition) is 2. The maximum atomic E-state index is 12.1. The zero-order chi connectivity index (χ0) is 13.8. The van der Waals surface area contributed by atoms with Crippen molar-refractivity contribution in [3.63, 3.8) is 0 Å². The number of hydrogen-bond acceptors (Lipinski definition) is 3. The van der Waals surface area contributed by atoms with Crippen molar-refractivity contribution in [1.82, 2.24) is 0 Å². The molecule has 1 aliphatic rings. The van der Waals surface area contributed by atoms with Crippen LogP contribution in [0, 0.1) is 0 Å². The van der Waals surface area contributed by atoms with Crippen molar-refractivity contribution < 1.29 is 4.79 Å². The van der Waals surface area contributed by atoms with E-state index in [9.17, 15) is 4.79 Å². The number of anilines is 2. The predicted molar refractivity (Wildman–Crippen MR) is 79.5 cm³/mol. The smallest absolute Gasteiger partial charge is 0.227 e. The Bertz CT molecular complexity index is 457. The van der Waals surface area contributed by atoms with Gasteiger partial charge in [0, 0.05) is 37.4 Å². The molecular weight excluding hydrogens is 238 g/mol. The fourth-order valence-corrected chi connectivity index (χ4v) is 2.53. The molecule has 4 nitrogen and oxygen atoms in total. The number of nitrogens with zero attached hydrogens (tertiary/aromatic N) is 1. The largest absolute Gasteiger partial charge is 0.388 e. The van der Waals surface area contributed by atoms with Crippen LogP contribution in [-0.2, 0) is 11.2 Å². The molecule has 1 heterocycles. The van der Waals surface area contributed by atoms with Crippen molar-refractivity contribution in [2.24, 2.45) is 5.73 Å². The molecule has 19 heavy (non-hydrogen) atoms. The van der Waals surface area contributed by atoms with Crippen LogP contribution in [-0.4, -0.2) is 25.5 Å². The second kappa shape index (κ2) is 6.06. The summed E-state index contributed by atoms with van der Waals surface area (Å²) in [6, 6.07) is 6.41. The number of nitrogens with two attached hydrogens (primary N) is 1. The maximum absolute atomic E-state index is 12.1. The number of aryl methyl sites for hydroxylation is 1. The summed E-state index contributed by atoms with van der Waals surface area (Å²) in [7, 11) is 1.91. The number of nitrogens with one attached hydrogen (secondary N) is 1. The van der Waals surface area contributed by atoms with Crippen molar-refractivity contribution >= 4 is 17.3 Å². The highest BCUT2D eigenvalue weighted by Crippen LogP contribution is 2.30. The van der Waals surface area contributed by atoms with Gasteiger partial charge in [-0.1, -0.05) is 0 Å². The number of benzene rings is 1. The molecule has 1 atom stereocenters. The van der Waals surface area contributed by atoms with Gasteiger partial charge in [-0.2, -0.15) is 0 Å². The van der Waals surface area contributed by atoms with Gasteiger partial charge >= 0.3 is 0 Å². The van der Waals surface area contributed by atoms with Crippen LogP contribution in [0.1, 0.15) is 31.7 Å². The quantitative estimate of drug-likeness (QED) is 0.853. The molecule has 4 heteroatoms. The Morgan fingerprint density at radius 3 is 2.89 bits per heavy atom. The molecule has 0 bridgehead atoms. The number of carbonyl (C=O) groups is 1. The first-order chi connectivity index (χ1) is 9.11. The molecule has 0 aromatic heterocycles. The van der Waals surface area contributed by atoms with E-state index in [1.165, 1.54) is 5.56 Å². The van der Waals surface area contributed by atoms with Crippen LogP contribution < -0.4 is 16.0 Å². The lowest BCUT2D eigenvalue weighted by Gasteiger charge is -2.30. The lowest BCUT2D eigenvalue weighted by atomic mass is 10.00. The van der Waals surface area contributed by atoms with Crippen LogP contribution in [0.2, 0.25) is 0 Å². The Hall–Kier alpha value is -1.55. The fraction of sp³-hybridized carbons (Fsp3) is 0.533. The topological polar surface area (TPSA) is 58.4 Å². The van der Waals surface area contributed by atoms with E-state index in [-0.39, 0.29) is 11.9 Å². The molecule has 0 radical (unpaired) electrons. The Morgan fingerprint density at radius 1 is 1.42 bits per heavy atom. The summed E-state index contributed by atoms with van der Waals surface area (Å²) in [5.74, 6) is 0.231. The molecule has 1 aromatic carbocycles. The van der Waals surface area contributed by atoms with Gasteiger partial charge in [-0.3, -0.25) is 4.79 Å². The molecule has 1 unspecified atom stereocenters. The fourth-order valence-electron chi connectivity index (χ4n) is 2.53. The van der Waals surface area contributed by atoms with Crippen molar-refractivity contribution in [1.29, 1.82) is 0 Å². The summed E-state index contributed by atoms with van der Waals surface area (Å²) < 4.78 is 0. The lowest BCUT2D eigenvalue weighted by Crippen LogP contribution is -2.36. The van der Waals surface area contributed by atoms with Crippen LogP contribution in [0.25, 0.3) is 0 Å². The molecule has 0 saturated carbocycles. The highest BCUT2D eigenvalue weighted by molar-refractivity contribution is 5.96. The first-order valence-electron chi connectivity index (χ1n) is 6.98. The van der Waals surface area contributed by atoms with Crippen LogP contribution in [0.4, 0.5) is 11.4 Å². The molecule has 1 aromatic rings. The van der Waals surface area contributed by atoms with Gasteiger partial charge in [0.05, 0.1) is 0 Å². The third-order valence-corrected chi connectivity index (χ3v) is 3.61. The molecule has 104 valence electrons. The summed E-state index contributed by atoms with van der Waals surface area (Å²) in [4.78, 5) is 14.0. The number of fused-ring (bicyclic) bond motifs is 1. The van der Waals surface area contributed by atoms with E-state index in [1.54, 1.807) is 0 Å². The van der Waals surface area contributed by atoms with Gasteiger partial charge in [0.1, 0.15) is 0 Å². The zero-order valence-corrected chi connectivity index (χ0v) is 11.8. The third-order valence-electron chi connectivity index (χ3n) is 3.61. The van der Waals surface area contributed by atoms with Gasteiger partial charge in [0.2, 0.25) is 5.91 Å². The Morgan fingerprint density at radius 2 is 2.21 bits per heavy atom. The van der Waals surface area contributed by atoms with E-state index < -0.39 is 0 Å². The second-order valence-corrected chi connectivity index (χ2v) is 5.26. The average molecular weight is 261 g/mol. The van der Waals surface area contributed by atoms with Crippen LogP contribution >= 0.6 is 0 Å². The number of amides is 1. The Kier molecular flexibility index (Phi) is 4.43. The van der Waals surface area contributed by atoms with Crippen LogP contribution in [0.5, 0.6) is 0 Å². The number of carbonyl (C=O) groups excluding carboxylic acids is 1. The monoisotopic (exact) mass is 261 g/mol. The van der Waals surface area contributed by atoms with Gasteiger partial charge in [-0.25, -0.2) is 0 Å². The minimum atomic E-state index is 0.200. The molecule has 0 saturated heterocycles. The summed E-state index contributed by atoms with van der Waals surface area (Å²) in [5.41, 5.74) is 9.19. The maximum Gasteiger partial charge on any atom is 0.227 e. The van der Waals surface area contributed by atoms with E-state index >= 15 is 0 Å². The Labute approximate surface area is 115 Å². The highest BCUT2D eigenvalue weighted by Gasteiger charge is 2.23. The molecule has 0 spiro atoms. The summed E-state index contributed by atoms with van der Waals surface area (Å²) in [5, 5.41) is 3.14. The SMILES string of the molecule is CNc1ccc2c(c1)CCC(=O)N2CCCC(C)N. The van der Waals surface area contributed by atoms with Gasteiger partial charge in [-0.05, 0) is 49.9 Å². The Balaban J connectivity index is 2.13. The van der Waals surface area contributed by atoms with E-state index in [4.69, 9.17) is 5.73 Å². The molecule has 0 fully saturated rings. The van der Waals surface area contributed by atoms with Crippen molar-refractivity contribution in [3.05, 3.63) is 23.8 Å². The van der Waals surface area contributed by atoms with E-state index in [1.807, 2.05) is 31.0 Å². The summed E-state index contributed by atoms with van der Waals surface area (Å²) in [6.07, 6.45) is 3.36. The predicted octanol–water partition coefficient (Wildman–Crippen LogP) is 2.13. The van der Waals surface area contributed by atoms with Crippen molar-refractivity contribution in [2.45, 2.75) is 38.6 Å². The number of rotatable bonds is 5. The summed E-state index contributed by atoms with van der Waals surface area (Å²) in [6.45, 7) is 2.78. The first kappa shape index (κ1) is 13.9. The summed E-state index contributed by atoms with van der Waals surface area (Å²) >= 11 is 0. The molecule has 1 amide bonds. The highest BCUT2D eigenvalue weighted by atomic mass is 16.2. The minimum Gasteiger partial charge on any atom is -0.388 e. The second-order valence-electron chi connectivity index (χ2n) is 5.26. The van der Waals surface area contributed by atoms with E-state index in [0.717, 1.165) is 37.2 Å². The van der Waals surface area contributed by atoms with Crippen molar-refractivity contribution in [3.8, 4) is 0 Å². The average Bonchev–Trinajstić information content (AvgIpc) is 2.40. The molecule has 0 aliphatic carbocycles.